The zero-order chi connectivity index (χ0) is 16.4. The molecule has 1 aliphatic heterocycles. The third kappa shape index (κ3) is 3.13. The maximum atomic E-state index is 12.3. The first-order chi connectivity index (χ1) is 11.0. The first kappa shape index (κ1) is 15.0. The number of rotatable bonds is 4. The van der Waals surface area contributed by atoms with Gasteiger partial charge in [-0.1, -0.05) is 18.2 Å². The van der Waals surface area contributed by atoms with Gasteiger partial charge in [0, 0.05) is 25.2 Å². The van der Waals surface area contributed by atoms with E-state index in [1.807, 2.05) is 30.3 Å². The molecule has 2 N–H and O–H groups in total. The fourth-order valence-electron chi connectivity index (χ4n) is 2.58. The van der Waals surface area contributed by atoms with Crippen molar-refractivity contribution in [2.75, 3.05) is 7.05 Å². The van der Waals surface area contributed by atoms with Crippen LogP contribution in [0.15, 0.2) is 36.5 Å². The number of imide groups is 1. The molecule has 1 aromatic carbocycles. The van der Waals surface area contributed by atoms with Crippen LogP contribution in [-0.4, -0.2) is 40.8 Å². The topological polar surface area (TPSA) is 91.4 Å². The van der Waals surface area contributed by atoms with Crippen molar-refractivity contribution in [1.29, 1.82) is 0 Å². The molecule has 7 nitrogen and oxygen atoms in total. The van der Waals surface area contributed by atoms with E-state index in [-0.39, 0.29) is 12.3 Å². The van der Waals surface area contributed by atoms with Crippen LogP contribution in [0.4, 0.5) is 4.79 Å². The van der Waals surface area contributed by atoms with Gasteiger partial charge in [-0.2, -0.15) is 0 Å². The van der Waals surface area contributed by atoms with Crippen LogP contribution in [0.5, 0.6) is 0 Å². The first-order valence-corrected chi connectivity index (χ1v) is 7.22. The molecule has 0 spiro atoms. The maximum absolute atomic E-state index is 12.3. The molecule has 7 heteroatoms. The highest BCUT2D eigenvalue weighted by atomic mass is 16.2. The molecular formula is C16H16N4O3. The molecular weight excluding hydrogens is 296 g/mol. The summed E-state index contributed by atoms with van der Waals surface area (Å²) in [5.74, 6) is -0.681. The lowest BCUT2D eigenvalue weighted by molar-refractivity contribution is -0.133. The number of urea groups is 1. The van der Waals surface area contributed by atoms with Crippen LogP contribution in [0, 0.1) is 0 Å². The lowest BCUT2D eigenvalue weighted by Gasteiger charge is -2.19. The van der Waals surface area contributed by atoms with Crippen LogP contribution in [0.3, 0.4) is 0 Å². The third-order valence-corrected chi connectivity index (χ3v) is 3.81. The molecule has 3 rings (SSSR count). The van der Waals surface area contributed by atoms with Gasteiger partial charge in [-0.3, -0.25) is 19.9 Å². The van der Waals surface area contributed by atoms with E-state index in [1.54, 1.807) is 18.1 Å². The third-order valence-electron chi connectivity index (χ3n) is 3.81. The van der Waals surface area contributed by atoms with E-state index in [2.05, 4.69) is 15.6 Å². The summed E-state index contributed by atoms with van der Waals surface area (Å²) in [7, 11) is 1.67. The standard InChI is InChI=1S/C16H16N4O3/c1-20(14(21)8-13-15(22)19-16(23)18-13)9-10-4-2-6-12-11(10)5-3-7-17-12/h2-7,13H,8-9H2,1H3,(H2,18,19,22,23)/t13-/m0/s1. The van der Waals surface area contributed by atoms with Gasteiger partial charge in [-0.25, -0.2) is 4.79 Å². The van der Waals surface area contributed by atoms with Crippen molar-refractivity contribution >= 4 is 28.7 Å². The fourth-order valence-corrected chi connectivity index (χ4v) is 2.58. The van der Waals surface area contributed by atoms with Crippen molar-refractivity contribution in [2.45, 2.75) is 19.0 Å². The Morgan fingerprint density at radius 1 is 1.26 bits per heavy atom. The van der Waals surface area contributed by atoms with Gasteiger partial charge in [0.05, 0.1) is 11.9 Å². The number of amides is 4. The number of hydrogen-bond acceptors (Lipinski definition) is 4. The summed E-state index contributed by atoms with van der Waals surface area (Å²) in [6.07, 6.45) is 1.67. The fraction of sp³-hybridized carbons (Fsp3) is 0.250. The molecule has 0 aliphatic carbocycles. The summed E-state index contributed by atoms with van der Waals surface area (Å²) < 4.78 is 0. The molecule has 1 fully saturated rings. The summed E-state index contributed by atoms with van der Waals surface area (Å²) in [4.78, 5) is 40.7. The zero-order valence-electron chi connectivity index (χ0n) is 12.6. The Morgan fingerprint density at radius 3 is 2.83 bits per heavy atom. The van der Waals surface area contributed by atoms with Gasteiger partial charge < -0.3 is 10.2 Å². The van der Waals surface area contributed by atoms with E-state index >= 15 is 0 Å². The number of hydrogen-bond donors (Lipinski definition) is 2. The van der Waals surface area contributed by atoms with Crippen molar-refractivity contribution < 1.29 is 14.4 Å². The largest absolute Gasteiger partial charge is 0.341 e. The van der Waals surface area contributed by atoms with E-state index in [0.29, 0.717) is 6.54 Å². The molecule has 1 aliphatic rings. The van der Waals surface area contributed by atoms with Gasteiger partial charge in [-0.15, -0.1) is 0 Å². The second-order valence-electron chi connectivity index (χ2n) is 5.46. The Bertz CT molecular complexity index is 784. The highest BCUT2D eigenvalue weighted by molar-refractivity contribution is 6.05. The van der Waals surface area contributed by atoms with E-state index in [9.17, 15) is 14.4 Å². The number of nitrogens with one attached hydrogen (secondary N) is 2. The molecule has 118 valence electrons. The molecule has 2 aromatic rings. The lowest BCUT2D eigenvalue weighted by Crippen LogP contribution is -2.36. The molecule has 2 heterocycles. The van der Waals surface area contributed by atoms with Crippen LogP contribution in [0.25, 0.3) is 10.9 Å². The summed E-state index contributed by atoms with van der Waals surface area (Å²) in [6.45, 7) is 0.407. The summed E-state index contributed by atoms with van der Waals surface area (Å²) >= 11 is 0. The highest BCUT2D eigenvalue weighted by Crippen LogP contribution is 2.18. The second kappa shape index (κ2) is 6.04. The Morgan fingerprint density at radius 2 is 2.09 bits per heavy atom. The predicted molar refractivity (Wildman–Crippen MR) is 83.3 cm³/mol. The normalized spacial score (nSPS) is 17.0. The zero-order valence-corrected chi connectivity index (χ0v) is 12.6. The maximum Gasteiger partial charge on any atom is 0.322 e. The van der Waals surface area contributed by atoms with Crippen molar-refractivity contribution in [2.24, 2.45) is 0 Å². The van der Waals surface area contributed by atoms with Crippen LogP contribution < -0.4 is 10.6 Å². The van der Waals surface area contributed by atoms with Crippen molar-refractivity contribution in [3.63, 3.8) is 0 Å². The predicted octanol–water partition coefficient (Wildman–Crippen LogP) is 0.791. The summed E-state index contributed by atoms with van der Waals surface area (Å²) in [5, 5.41) is 5.53. The minimum absolute atomic E-state index is 0.0584. The average Bonchev–Trinajstić information content (AvgIpc) is 2.85. The number of benzene rings is 1. The van der Waals surface area contributed by atoms with E-state index in [1.165, 1.54) is 0 Å². The smallest absolute Gasteiger partial charge is 0.322 e. The second-order valence-corrected chi connectivity index (χ2v) is 5.46. The van der Waals surface area contributed by atoms with Crippen molar-refractivity contribution in [3.8, 4) is 0 Å². The van der Waals surface area contributed by atoms with Gasteiger partial charge in [0.2, 0.25) is 5.91 Å². The highest BCUT2D eigenvalue weighted by Gasteiger charge is 2.32. The Balaban J connectivity index is 1.70. The van der Waals surface area contributed by atoms with Crippen LogP contribution in [-0.2, 0) is 16.1 Å². The summed E-state index contributed by atoms with van der Waals surface area (Å²) in [5.41, 5.74) is 1.85. The molecule has 0 bridgehead atoms. The van der Waals surface area contributed by atoms with Gasteiger partial charge in [0.15, 0.2) is 0 Å². The number of carbonyl (C=O) groups is 3. The number of aromatic nitrogens is 1. The van der Waals surface area contributed by atoms with Crippen molar-refractivity contribution in [3.05, 3.63) is 42.1 Å². The molecule has 0 radical (unpaired) electrons. The van der Waals surface area contributed by atoms with Gasteiger partial charge in [0.25, 0.3) is 5.91 Å². The number of carbonyl (C=O) groups excluding carboxylic acids is 3. The SMILES string of the molecule is CN(Cc1cccc2ncccc12)C(=O)C[C@@H]1NC(=O)NC1=O. The van der Waals surface area contributed by atoms with Gasteiger partial charge in [-0.05, 0) is 17.7 Å². The quantitative estimate of drug-likeness (QED) is 0.817. The Labute approximate surface area is 132 Å². The lowest BCUT2D eigenvalue weighted by atomic mass is 10.1. The van der Waals surface area contributed by atoms with Gasteiger partial charge >= 0.3 is 6.03 Å². The van der Waals surface area contributed by atoms with Crippen LogP contribution in [0.1, 0.15) is 12.0 Å². The molecule has 23 heavy (non-hydrogen) atoms. The molecule has 1 saturated heterocycles. The van der Waals surface area contributed by atoms with E-state index < -0.39 is 18.0 Å². The first-order valence-electron chi connectivity index (χ1n) is 7.22. The van der Waals surface area contributed by atoms with Crippen LogP contribution >= 0.6 is 0 Å². The molecule has 0 unspecified atom stereocenters. The van der Waals surface area contributed by atoms with Gasteiger partial charge in [0.1, 0.15) is 6.04 Å². The molecule has 0 saturated carbocycles. The molecule has 1 aromatic heterocycles. The number of fused-ring (bicyclic) bond motifs is 1. The minimum atomic E-state index is -0.799. The Kier molecular flexibility index (Phi) is 3.92. The van der Waals surface area contributed by atoms with Crippen molar-refractivity contribution in [1.82, 2.24) is 20.5 Å². The van der Waals surface area contributed by atoms with E-state index in [4.69, 9.17) is 0 Å². The molecule has 4 amide bonds. The minimum Gasteiger partial charge on any atom is -0.341 e. The van der Waals surface area contributed by atoms with Crippen LogP contribution in [0.2, 0.25) is 0 Å². The average molecular weight is 312 g/mol. The Hall–Kier alpha value is -2.96. The van der Waals surface area contributed by atoms with E-state index in [0.717, 1.165) is 16.5 Å². The molecule has 1 atom stereocenters. The monoisotopic (exact) mass is 312 g/mol. The number of pyridine rings is 1. The summed E-state index contributed by atoms with van der Waals surface area (Å²) in [6, 6.07) is 8.21. The number of nitrogens with zero attached hydrogens (tertiary/aromatic N) is 2.